The van der Waals surface area contributed by atoms with Gasteiger partial charge in [0.1, 0.15) is 11.7 Å². The standard InChI is InChI=1S/C19H20N8O5/c20-15-14-16(27-19(21)26-15)23-8-10(24-14)3-1-9-2-4-11(22-7-9)17(30)25-12(18(31)32)5-6-13(28)29/h2,4,7-8,12H,1,3,5-6H2,(H,25,30)(H,28,29)(H,31,32)(H4,20,21,23,26,27)/t12-/m0/s1. The van der Waals surface area contributed by atoms with Gasteiger partial charge >= 0.3 is 11.9 Å². The molecule has 13 heteroatoms. The normalized spacial score (nSPS) is 11.8. The van der Waals surface area contributed by atoms with Crippen LogP contribution in [0.1, 0.15) is 34.6 Å². The van der Waals surface area contributed by atoms with Gasteiger partial charge in [-0.25, -0.2) is 14.8 Å². The van der Waals surface area contributed by atoms with E-state index in [1.54, 1.807) is 12.3 Å². The Bertz CT molecular complexity index is 1170. The highest BCUT2D eigenvalue weighted by atomic mass is 16.4. The number of carboxylic acids is 2. The summed E-state index contributed by atoms with van der Waals surface area (Å²) in [7, 11) is 0. The first kappa shape index (κ1) is 22.3. The van der Waals surface area contributed by atoms with Gasteiger partial charge in [-0.1, -0.05) is 6.07 Å². The number of nitrogens with one attached hydrogen (secondary N) is 1. The Hall–Kier alpha value is -4.42. The van der Waals surface area contributed by atoms with Gasteiger partial charge in [0.15, 0.2) is 17.0 Å². The fourth-order valence-electron chi connectivity index (χ4n) is 2.84. The molecule has 32 heavy (non-hydrogen) atoms. The Morgan fingerprint density at radius 2 is 1.78 bits per heavy atom. The average molecular weight is 440 g/mol. The largest absolute Gasteiger partial charge is 0.481 e. The molecule has 3 heterocycles. The van der Waals surface area contributed by atoms with Gasteiger partial charge in [0.2, 0.25) is 5.95 Å². The topological polar surface area (TPSA) is 220 Å². The maximum atomic E-state index is 12.2. The third-order valence-corrected chi connectivity index (χ3v) is 4.48. The first-order valence-corrected chi connectivity index (χ1v) is 9.48. The third kappa shape index (κ3) is 5.59. The van der Waals surface area contributed by atoms with Crippen LogP contribution in [0.25, 0.3) is 11.2 Å². The number of pyridine rings is 1. The van der Waals surface area contributed by atoms with Crippen LogP contribution in [-0.2, 0) is 22.4 Å². The zero-order chi connectivity index (χ0) is 23.3. The van der Waals surface area contributed by atoms with Gasteiger partial charge < -0.3 is 27.0 Å². The number of aromatic nitrogens is 5. The summed E-state index contributed by atoms with van der Waals surface area (Å²) < 4.78 is 0. The van der Waals surface area contributed by atoms with Gasteiger partial charge in [-0.2, -0.15) is 9.97 Å². The van der Waals surface area contributed by atoms with E-state index in [0.29, 0.717) is 29.7 Å². The average Bonchev–Trinajstić information content (AvgIpc) is 2.75. The van der Waals surface area contributed by atoms with E-state index in [2.05, 4.69) is 30.2 Å². The van der Waals surface area contributed by atoms with Crippen molar-refractivity contribution in [2.45, 2.75) is 31.7 Å². The quantitative estimate of drug-likeness (QED) is 0.292. The molecule has 3 rings (SSSR count). The molecule has 0 radical (unpaired) electrons. The number of carboxylic acid groups (broad SMARTS) is 2. The molecule has 0 fully saturated rings. The Morgan fingerprint density at radius 1 is 1.00 bits per heavy atom. The van der Waals surface area contributed by atoms with Crippen molar-refractivity contribution < 1.29 is 24.6 Å². The van der Waals surface area contributed by atoms with Gasteiger partial charge in [-0.05, 0) is 30.9 Å². The number of anilines is 2. The predicted molar refractivity (Wildman–Crippen MR) is 111 cm³/mol. The lowest BCUT2D eigenvalue weighted by Gasteiger charge is -2.13. The number of rotatable bonds is 9. The predicted octanol–water partition coefficient (Wildman–Crippen LogP) is -0.188. The van der Waals surface area contributed by atoms with Crippen molar-refractivity contribution in [3.63, 3.8) is 0 Å². The summed E-state index contributed by atoms with van der Waals surface area (Å²) in [6, 6.07) is 1.82. The van der Waals surface area contributed by atoms with Crippen molar-refractivity contribution in [3.05, 3.63) is 41.5 Å². The molecule has 166 valence electrons. The Morgan fingerprint density at radius 3 is 2.44 bits per heavy atom. The van der Waals surface area contributed by atoms with Crippen LogP contribution in [0, 0.1) is 0 Å². The van der Waals surface area contributed by atoms with E-state index in [9.17, 15) is 14.4 Å². The van der Waals surface area contributed by atoms with Crippen LogP contribution >= 0.6 is 0 Å². The van der Waals surface area contributed by atoms with Crippen LogP contribution in [0.15, 0.2) is 24.5 Å². The van der Waals surface area contributed by atoms with Crippen molar-refractivity contribution >= 4 is 40.8 Å². The highest BCUT2D eigenvalue weighted by Gasteiger charge is 2.22. The van der Waals surface area contributed by atoms with Crippen molar-refractivity contribution in [1.82, 2.24) is 30.2 Å². The molecular formula is C19H20N8O5. The summed E-state index contributed by atoms with van der Waals surface area (Å²) in [5.41, 5.74) is 13.5. The number of nitrogens with two attached hydrogens (primary N) is 2. The highest BCUT2D eigenvalue weighted by molar-refractivity contribution is 5.95. The van der Waals surface area contributed by atoms with Crippen molar-refractivity contribution in [2.75, 3.05) is 11.5 Å². The monoisotopic (exact) mass is 440 g/mol. The van der Waals surface area contributed by atoms with E-state index in [-0.39, 0.29) is 30.3 Å². The molecule has 0 bridgehead atoms. The molecule has 13 nitrogen and oxygen atoms in total. The van der Waals surface area contributed by atoms with Gasteiger partial charge in [0.05, 0.1) is 11.9 Å². The van der Waals surface area contributed by atoms with Crippen LogP contribution < -0.4 is 16.8 Å². The molecule has 0 aliphatic heterocycles. The number of hydrogen-bond donors (Lipinski definition) is 5. The van der Waals surface area contributed by atoms with Crippen LogP contribution in [0.3, 0.4) is 0 Å². The number of fused-ring (bicyclic) bond motifs is 1. The van der Waals surface area contributed by atoms with Gasteiger partial charge in [-0.3, -0.25) is 14.6 Å². The molecule has 1 amide bonds. The lowest BCUT2D eigenvalue weighted by atomic mass is 10.1. The van der Waals surface area contributed by atoms with Gasteiger partial charge in [0.25, 0.3) is 5.91 Å². The molecule has 0 saturated carbocycles. The maximum Gasteiger partial charge on any atom is 0.326 e. The molecule has 0 aliphatic rings. The molecule has 7 N–H and O–H groups in total. The second-order valence-corrected chi connectivity index (χ2v) is 6.85. The molecule has 0 spiro atoms. The van der Waals surface area contributed by atoms with Gasteiger partial charge in [-0.15, -0.1) is 0 Å². The van der Waals surface area contributed by atoms with Crippen LogP contribution in [0.5, 0.6) is 0 Å². The summed E-state index contributed by atoms with van der Waals surface area (Å²) in [5.74, 6) is -3.01. The van der Waals surface area contributed by atoms with Crippen LogP contribution in [-0.4, -0.2) is 59.0 Å². The number of carbonyl (C=O) groups excluding carboxylic acids is 1. The highest BCUT2D eigenvalue weighted by Crippen LogP contribution is 2.15. The lowest BCUT2D eigenvalue weighted by molar-refractivity contribution is -0.140. The summed E-state index contributed by atoms with van der Waals surface area (Å²) >= 11 is 0. The fourth-order valence-corrected chi connectivity index (χ4v) is 2.84. The number of aliphatic carboxylic acids is 2. The van der Waals surface area contributed by atoms with E-state index in [1.807, 2.05) is 0 Å². The summed E-state index contributed by atoms with van der Waals surface area (Å²) in [6.07, 6.45) is 3.49. The number of nitrogen functional groups attached to an aromatic ring is 2. The number of carbonyl (C=O) groups is 3. The van der Waals surface area contributed by atoms with Gasteiger partial charge in [0, 0.05) is 12.6 Å². The zero-order valence-electron chi connectivity index (χ0n) is 16.7. The van der Waals surface area contributed by atoms with E-state index in [4.69, 9.17) is 21.7 Å². The fraction of sp³-hybridized carbons (Fsp3) is 0.263. The summed E-state index contributed by atoms with van der Waals surface area (Å²) in [5, 5.41) is 20.1. The van der Waals surface area contributed by atoms with Crippen LogP contribution in [0.2, 0.25) is 0 Å². The molecule has 0 aromatic carbocycles. The maximum absolute atomic E-state index is 12.2. The Kier molecular flexibility index (Phi) is 6.68. The van der Waals surface area contributed by atoms with E-state index in [1.165, 1.54) is 12.3 Å². The second-order valence-electron chi connectivity index (χ2n) is 6.85. The van der Waals surface area contributed by atoms with E-state index in [0.717, 1.165) is 5.56 Å². The lowest BCUT2D eigenvalue weighted by Crippen LogP contribution is -2.41. The smallest absolute Gasteiger partial charge is 0.326 e. The molecule has 3 aromatic heterocycles. The molecular weight excluding hydrogens is 420 g/mol. The number of hydrogen-bond acceptors (Lipinski definition) is 10. The molecule has 3 aromatic rings. The number of aryl methyl sites for hydroxylation is 2. The third-order valence-electron chi connectivity index (χ3n) is 4.48. The minimum atomic E-state index is -1.32. The minimum absolute atomic E-state index is 0.0170. The second kappa shape index (κ2) is 9.59. The molecule has 0 saturated heterocycles. The van der Waals surface area contributed by atoms with Crippen molar-refractivity contribution in [2.24, 2.45) is 0 Å². The number of amides is 1. The summed E-state index contributed by atoms with van der Waals surface area (Å²) in [6.45, 7) is 0. The summed E-state index contributed by atoms with van der Waals surface area (Å²) in [4.78, 5) is 54.6. The SMILES string of the molecule is Nc1nc(N)c2nc(CCc3ccc(C(=O)N[C@@H](CCC(=O)O)C(=O)O)nc3)cnc2n1. The number of nitrogens with zero attached hydrogens (tertiary/aromatic N) is 5. The zero-order valence-corrected chi connectivity index (χ0v) is 16.7. The van der Waals surface area contributed by atoms with Crippen LogP contribution in [0.4, 0.5) is 11.8 Å². The molecule has 1 atom stereocenters. The van der Waals surface area contributed by atoms with Crippen molar-refractivity contribution in [3.8, 4) is 0 Å². The van der Waals surface area contributed by atoms with Crippen molar-refractivity contribution in [1.29, 1.82) is 0 Å². The Balaban J connectivity index is 1.62. The molecule has 0 aliphatic carbocycles. The van der Waals surface area contributed by atoms with E-state index >= 15 is 0 Å². The molecule has 0 unspecified atom stereocenters. The first-order chi connectivity index (χ1) is 15.2. The van der Waals surface area contributed by atoms with E-state index < -0.39 is 23.9 Å². The first-order valence-electron chi connectivity index (χ1n) is 9.48. The minimum Gasteiger partial charge on any atom is -0.481 e. The Labute approximate surface area is 180 Å².